The van der Waals surface area contributed by atoms with Gasteiger partial charge in [-0.1, -0.05) is 11.6 Å². The minimum atomic E-state index is -0.624. The van der Waals surface area contributed by atoms with Crippen molar-refractivity contribution in [2.24, 2.45) is 0 Å². The summed E-state index contributed by atoms with van der Waals surface area (Å²) in [5, 5.41) is 13.6. The lowest BCUT2D eigenvalue weighted by molar-refractivity contribution is 0.170. The number of halogens is 2. The molecule has 17 heavy (non-hydrogen) atoms. The average molecular weight is 383 g/mol. The van der Waals surface area contributed by atoms with Crippen LogP contribution in [0.3, 0.4) is 0 Å². The highest BCUT2D eigenvalue weighted by atomic mass is 127. The van der Waals surface area contributed by atoms with Gasteiger partial charge in [0.2, 0.25) is 0 Å². The van der Waals surface area contributed by atoms with Crippen molar-refractivity contribution in [3.63, 3.8) is 0 Å². The summed E-state index contributed by atoms with van der Waals surface area (Å²) in [6.45, 7) is 1.91. The van der Waals surface area contributed by atoms with Gasteiger partial charge in [-0.05, 0) is 29.0 Å². The smallest absolute Gasteiger partial charge is 0.167 e. The fourth-order valence-corrected chi connectivity index (χ4v) is 3.73. The van der Waals surface area contributed by atoms with Gasteiger partial charge in [0, 0.05) is 5.56 Å². The van der Waals surface area contributed by atoms with E-state index in [4.69, 9.17) is 11.6 Å². The van der Waals surface area contributed by atoms with Gasteiger partial charge in [-0.15, -0.1) is 0 Å². The Morgan fingerprint density at radius 1 is 1.65 bits per heavy atom. The van der Waals surface area contributed by atoms with Crippen LogP contribution < -0.4 is 5.32 Å². The summed E-state index contributed by atoms with van der Waals surface area (Å²) in [5.74, 6) is 0. The number of imidazole rings is 1. The number of hydrogen-bond donors (Lipinski definition) is 2. The molecule has 0 saturated heterocycles. The predicted molar refractivity (Wildman–Crippen MR) is 78.3 cm³/mol. The summed E-state index contributed by atoms with van der Waals surface area (Å²) in [5.41, 5.74) is 3.01. The maximum Gasteiger partial charge on any atom is 0.167 e. The molecule has 90 valence electrons. The summed E-state index contributed by atoms with van der Waals surface area (Å²) in [7, 11) is 0. The normalized spacial score (nSPS) is 23.5. The standard InChI is InChI=1S/C9H9ClIN4OP/c1-3-7(16)4-5(13-3)6-9(14-8(4)10)15(17-11)2-12-6/h2-3,7,13,16-17H,1H3. The molecule has 0 aliphatic carbocycles. The monoisotopic (exact) mass is 382 g/mol. The molecule has 2 N–H and O–H groups in total. The fourth-order valence-electron chi connectivity index (χ4n) is 2.04. The van der Waals surface area contributed by atoms with Gasteiger partial charge < -0.3 is 10.4 Å². The zero-order valence-corrected chi connectivity index (χ0v) is 12.7. The Labute approximate surface area is 117 Å². The summed E-state index contributed by atoms with van der Waals surface area (Å²) in [6, 6.07) is -0.0675. The molecule has 1 aliphatic rings. The molecule has 0 bridgehead atoms. The Hall–Kier alpha value is -0.170. The summed E-state index contributed by atoms with van der Waals surface area (Å²) < 4.78 is 1.94. The number of aromatic nitrogens is 3. The molecule has 0 spiro atoms. The topological polar surface area (TPSA) is 63.0 Å². The third-order valence-electron chi connectivity index (χ3n) is 2.91. The first-order valence-electron chi connectivity index (χ1n) is 5.01. The Bertz CT molecular complexity index is 604. The SMILES string of the molecule is CC1Nc2c(c(Cl)nc3c2ncn3PI)C1O. The fraction of sp³-hybridized carbons (Fsp3) is 0.333. The lowest BCUT2D eigenvalue weighted by Crippen LogP contribution is -2.15. The number of aliphatic hydroxyl groups excluding tert-OH is 1. The number of aliphatic hydroxyl groups is 1. The van der Waals surface area contributed by atoms with E-state index in [2.05, 4.69) is 37.3 Å². The lowest BCUT2D eigenvalue weighted by atomic mass is 10.1. The molecule has 2 aromatic heterocycles. The van der Waals surface area contributed by atoms with E-state index < -0.39 is 6.10 Å². The van der Waals surface area contributed by atoms with Crippen LogP contribution in [0, 0.1) is 0 Å². The number of pyridine rings is 1. The minimum Gasteiger partial charge on any atom is -0.386 e. The molecule has 0 amide bonds. The average Bonchev–Trinajstić information content (AvgIpc) is 2.82. The van der Waals surface area contributed by atoms with Crippen molar-refractivity contribution in [3.8, 4) is 0 Å². The van der Waals surface area contributed by atoms with Crippen molar-refractivity contribution < 1.29 is 5.11 Å². The molecule has 0 radical (unpaired) electrons. The van der Waals surface area contributed by atoms with Gasteiger partial charge in [-0.3, -0.25) is 4.34 Å². The maximum atomic E-state index is 10.0. The van der Waals surface area contributed by atoms with E-state index in [1.54, 1.807) is 6.33 Å². The zero-order chi connectivity index (χ0) is 12.2. The van der Waals surface area contributed by atoms with Crippen LogP contribution in [0.5, 0.6) is 0 Å². The van der Waals surface area contributed by atoms with Gasteiger partial charge in [0.25, 0.3) is 0 Å². The van der Waals surface area contributed by atoms with E-state index in [-0.39, 0.29) is 6.04 Å². The molecule has 0 saturated carbocycles. The number of nitrogens with zero attached hydrogens (tertiary/aromatic N) is 3. The minimum absolute atomic E-state index is 0.0675. The quantitative estimate of drug-likeness (QED) is 0.452. The van der Waals surface area contributed by atoms with Crippen LogP contribution in [0.1, 0.15) is 18.6 Å². The Morgan fingerprint density at radius 2 is 2.41 bits per heavy atom. The van der Waals surface area contributed by atoms with Gasteiger partial charge in [0.05, 0.1) is 18.1 Å². The third kappa shape index (κ3) is 1.65. The second-order valence-corrected chi connectivity index (χ2v) is 6.40. The highest BCUT2D eigenvalue weighted by molar-refractivity contribution is 14.2. The Balaban J connectivity index is 2.34. The van der Waals surface area contributed by atoms with Crippen molar-refractivity contribution in [2.45, 2.75) is 19.1 Å². The van der Waals surface area contributed by atoms with Crippen molar-refractivity contribution >= 4 is 56.9 Å². The van der Waals surface area contributed by atoms with Crippen LogP contribution in [-0.2, 0) is 0 Å². The van der Waals surface area contributed by atoms with E-state index >= 15 is 0 Å². The van der Waals surface area contributed by atoms with Crippen LogP contribution in [0.25, 0.3) is 11.2 Å². The van der Waals surface area contributed by atoms with Gasteiger partial charge in [0.15, 0.2) is 5.65 Å². The lowest BCUT2D eigenvalue weighted by Gasteiger charge is -2.08. The van der Waals surface area contributed by atoms with Crippen molar-refractivity contribution in [3.05, 3.63) is 17.0 Å². The first kappa shape index (κ1) is 11.9. The first-order valence-corrected chi connectivity index (χ1v) is 9.45. The second-order valence-electron chi connectivity index (χ2n) is 3.94. The van der Waals surface area contributed by atoms with Crippen LogP contribution in [-0.4, -0.2) is 25.5 Å². The van der Waals surface area contributed by atoms with E-state index in [1.807, 2.05) is 11.3 Å². The summed E-state index contributed by atoms with van der Waals surface area (Å²) in [4.78, 5) is 8.67. The van der Waals surface area contributed by atoms with E-state index in [1.165, 1.54) is 0 Å². The van der Waals surface area contributed by atoms with Crippen molar-refractivity contribution in [1.82, 2.24) is 14.3 Å². The molecular weight excluding hydrogens is 373 g/mol. The highest BCUT2D eigenvalue weighted by Crippen LogP contribution is 2.43. The molecule has 3 unspecified atom stereocenters. The molecule has 5 nitrogen and oxygen atoms in total. The van der Waals surface area contributed by atoms with Gasteiger partial charge in [-0.2, -0.15) is 0 Å². The van der Waals surface area contributed by atoms with Crippen LogP contribution in [0.4, 0.5) is 5.69 Å². The second kappa shape index (κ2) is 4.19. The molecule has 3 heterocycles. The molecule has 0 fully saturated rings. The van der Waals surface area contributed by atoms with Crippen molar-refractivity contribution in [2.75, 3.05) is 5.32 Å². The van der Waals surface area contributed by atoms with Crippen LogP contribution in [0.2, 0.25) is 5.15 Å². The van der Waals surface area contributed by atoms with Crippen molar-refractivity contribution in [1.29, 1.82) is 0 Å². The maximum absolute atomic E-state index is 10.0. The van der Waals surface area contributed by atoms with Gasteiger partial charge in [-0.25, -0.2) is 9.97 Å². The van der Waals surface area contributed by atoms with Gasteiger partial charge in [0.1, 0.15) is 23.1 Å². The Kier molecular flexibility index (Phi) is 2.93. The summed E-state index contributed by atoms with van der Waals surface area (Å²) >= 11 is 8.41. The molecular formula is C9H9ClIN4OP. The number of rotatable bonds is 1. The number of hydrogen-bond acceptors (Lipinski definition) is 4. The van der Waals surface area contributed by atoms with Crippen LogP contribution in [0.15, 0.2) is 6.33 Å². The highest BCUT2D eigenvalue weighted by Gasteiger charge is 2.33. The predicted octanol–water partition coefficient (Wildman–Crippen LogP) is 2.72. The third-order valence-corrected chi connectivity index (χ3v) is 5.26. The molecule has 3 rings (SSSR count). The number of nitrogens with one attached hydrogen (secondary N) is 1. The molecule has 8 heteroatoms. The van der Waals surface area contributed by atoms with E-state index in [0.717, 1.165) is 16.9 Å². The molecule has 1 aliphatic heterocycles. The number of anilines is 1. The van der Waals surface area contributed by atoms with Gasteiger partial charge >= 0.3 is 0 Å². The van der Waals surface area contributed by atoms with E-state index in [9.17, 15) is 5.11 Å². The molecule has 2 aromatic rings. The first-order chi connectivity index (χ1) is 8.13. The van der Waals surface area contributed by atoms with Crippen LogP contribution >= 0.6 is 40.0 Å². The molecule has 3 atom stereocenters. The Morgan fingerprint density at radius 3 is 3.12 bits per heavy atom. The zero-order valence-electron chi connectivity index (χ0n) is 8.78. The summed E-state index contributed by atoms with van der Waals surface area (Å²) in [6.07, 6.45) is 1.64. The molecule has 0 aromatic carbocycles. The largest absolute Gasteiger partial charge is 0.386 e. The number of fused-ring (bicyclic) bond motifs is 3. The van der Waals surface area contributed by atoms with E-state index in [0.29, 0.717) is 17.1 Å².